The number of hydrogen-bond acceptors (Lipinski definition) is 8. The number of nitrogens with zero attached hydrogens (tertiary/aromatic N) is 4. The monoisotopic (exact) mass is 444 g/mol. The predicted octanol–water partition coefficient (Wildman–Crippen LogP) is 0.912. The van der Waals surface area contributed by atoms with Crippen molar-refractivity contribution in [2.75, 3.05) is 39.4 Å². The zero-order valence-electron chi connectivity index (χ0n) is 18.1. The highest BCUT2D eigenvalue weighted by atomic mass is 16.5. The van der Waals surface area contributed by atoms with Crippen LogP contribution in [0.1, 0.15) is 51.4 Å². The minimum absolute atomic E-state index is 0.265. The van der Waals surface area contributed by atoms with E-state index in [4.69, 9.17) is 9.47 Å². The molecule has 0 spiro atoms. The lowest BCUT2D eigenvalue weighted by molar-refractivity contribution is -0.161. The van der Waals surface area contributed by atoms with Gasteiger partial charge in [-0.1, -0.05) is 25.7 Å². The summed E-state index contributed by atoms with van der Waals surface area (Å²) in [5.74, 6) is -2.03. The molecule has 3 fully saturated rings. The fourth-order valence-electron chi connectivity index (χ4n) is 4.60. The van der Waals surface area contributed by atoms with Crippen molar-refractivity contribution >= 4 is 23.8 Å². The molecule has 172 valence electrons. The largest absolute Gasteiger partial charge is 0.454 e. The lowest BCUT2D eigenvalue weighted by Gasteiger charge is -2.34. The van der Waals surface area contributed by atoms with Gasteiger partial charge in [-0.05, 0) is 25.7 Å². The number of carbonyl (C=O) groups is 4. The molecule has 2 saturated carbocycles. The Balaban J connectivity index is 1.39. The number of esters is 2. The highest BCUT2D eigenvalue weighted by Crippen LogP contribution is 2.39. The van der Waals surface area contributed by atoms with Gasteiger partial charge in [0, 0.05) is 26.2 Å². The first-order valence-electron chi connectivity index (χ1n) is 11.1. The molecular weight excluding hydrogens is 416 g/mol. The molecule has 0 N–H and O–H groups in total. The summed E-state index contributed by atoms with van der Waals surface area (Å²) in [4.78, 5) is 52.3. The summed E-state index contributed by atoms with van der Waals surface area (Å²) in [7, 11) is 0. The summed E-state index contributed by atoms with van der Waals surface area (Å²) in [6.45, 7) is 0.209. The molecule has 3 rings (SSSR count). The number of amides is 2. The molecule has 1 aliphatic heterocycles. The van der Waals surface area contributed by atoms with Crippen molar-refractivity contribution in [2.45, 2.75) is 51.4 Å². The van der Waals surface area contributed by atoms with Crippen LogP contribution in [0.25, 0.3) is 0 Å². The van der Waals surface area contributed by atoms with Crippen LogP contribution >= 0.6 is 0 Å². The summed E-state index contributed by atoms with van der Waals surface area (Å²) >= 11 is 0. The standard InChI is InChI=1S/C22H28N4O6/c23-15-21(5-1-2-6-21)19(29)31-13-17(27)25-9-11-26(12-10-25)18(28)14-32-20(30)22(16-24)7-3-4-8-22/h1-14H2. The highest BCUT2D eigenvalue weighted by molar-refractivity contribution is 5.86. The summed E-state index contributed by atoms with van der Waals surface area (Å²) in [6, 6.07) is 4.09. The highest BCUT2D eigenvalue weighted by Gasteiger charge is 2.44. The zero-order chi connectivity index (χ0) is 23.2. The minimum atomic E-state index is -1.13. The van der Waals surface area contributed by atoms with E-state index in [2.05, 4.69) is 0 Å². The molecule has 0 atom stereocenters. The van der Waals surface area contributed by atoms with Crippen molar-refractivity contribution in [2.24, 2.45) is 10.8 Å². The van der Waals surface area contributed by atoms with E-state index in [1.54, 1.807) is 0 Å². The summed E-state index contributed by atoms with van der Waals surface area (Å²) < 4.78 is 10.3. The first-order chi connectivity index (χ1) is 15.4. The molecule has 2 aliphatic carbocycles. The maximum atomic E-state index is 12.4. The van der Waals surface area contributed by atoms with Crippen LogP contribution in [0.2, 0.25) is 0 Å². The predicted molar refractivity (Wildman–Crippen MR) is 108 cm³/mol. The van der Waals surface area contributed by atoms with E-state index in [0.29, 0.717) is 25.7 Å². The molecule has 0 aromatic rings. The van der Waals surface area contributed by atoms with Gasteiger partial charge in [-0.2, -0.15) is 10.5 Å². The molecule has 0 unspecified atom stereocenters. The first kappa shape index (κ1) is 23.5. The number of carbonyl (C=O) groups excluding carboxylic acids is 4. The third-order valence-electron chi connectivity index (χ3n) is 6.76. The molecule has 0 bridgehead atoms. The van der Waals surface area contributed by atoms with Crippen molar-refractivity contribution in [1.82, 2.24) is 9.80 Å². The van der Waals surface area contributed by atoms with Gasteiger partial charge in [0.25, 0.3) is 11.8 Å². The van der Waals surface area contributed by atoms with Crippen molar-refractivity contribution < 1.29 is 28.7 Å². The van der Waals surface area contributed by atoms with E-state index in [1.165, 1.54) is 9.80 Å². The van der Waals surface area contributed by atoms with Crippen LogP contribution in [-0.2, 0) is 28.7 Å². The second kappa shape index (κ2) is 9.99. The Hall–Kier alpha value is -3.14. The zero-order valence-corrected chi connectivity index (χ0v) is 18.1. The Morgan fingerprint density at radius 3 is 1.25 bits per heavy atom. The maximum absolute atomic E-state index is 12.4. The molecule has 1 saturated heterocycles. The van der Waals surface area contributed by atoms with Gasteiger partial charge < -0.3 is 19.3 Å². The molecular formula is C22H28N4O6. The number of ether oxygens (including phenoxy) is 2. The average molecular weight is 444 g/mol. The third kappa shape index (κ3) is 4.85. The van der Waals surface area contributed by atoms with Crippen molar-refractivity contribution in [1.29, 1.82) is 10.5 Å². The van der Waals surface area contributed by atoms with E-state index in [9.17, 15) is 29.7 Å². The van der Waals surface area contributed by atoms with Crippen LogP contribution in [-0.4, -0.2) is 72.9 Å². The molecule has 1 heterocycles. The van der Waals surface area contributed by atoms with E-state index >= 15 is 0 Å². The Kier molecular flexibility index (Phi) is 7.34. The van der Waals surface area contributed by atoms with E-state index in [0.717, 1.165) is 25.7 Å². The second-order valence-electron chi connectivity index (χ2n) is 8.72. The van der Waals surface area contributed by atoms with Crippen molar-refractivity contribution in [3.8, 4) is 12.1 Å². The van der Waals surface area contributed by atoms with Crippen LogP contribution in [0.15, 0.2) is 0 Å². The first-order valence-corrected chi connectivity index (χ1v) is 11.1. The molecule has 10 heteroatoms. The Bertz CT molecular complexity index is 767. The van der Waals surface area contributed by atoms with Gasteiger partial charge in [0.15, 0.2) is 24.0 Å². The fraction of sp³-hybridized carbons (Fsp3) is 0.727. The summed E-state index contributed by atoms with van der Waals surface area (Å²) in [5, 5.41) is 18.6. The Morgan fingerprint density at radius 1 is 0.656 bits per heavy atom. The second-order valence-corrected chi connectivity index (χ2v) is 8.72. The minimum Gasteiger partial charge on any atom is -0.454 e. The number of nitriles is 2. The van der Waals surface area contributed by atoms with E-state index in [1.807, 2.05) is 12.1 Å². The van der Waals surface area contributed by atoms with Gasteiger partial charge >= 0.3 is 11.9 Å². The van der Waals surface area contributed by atoms with Gasteiger partial charge in [0.05, 0.1) is 12.1 Å². The number of hydrogen-bond donors (Lipinski definition) is 0. The van der Waals surface area contributed by atoms with Gasteiger partial charge in [0.1, 0.15) is 0 Å². The van der Waals surface area contributed by atoms with Crippen LogP contribution in [0, 0.1) is 33.5 Å². The molecule has 10 nitrogen and oxygen atoms in total. The number of piperazine rings is 1. The molecule has 0 radical (unpaired) electrons. The topological polar surface area (TPSA) is 141 Å². The van der Waals surface area contributed by atoms with Gasteiger partial charge in [-0.15, -0.1) is 0 Å². The molecule has 0 aromatic carbocycles. The van der Waals surface area contributed by atoms with Gasteiger partial charge in [-0.25, -0.2) is 0 Å². The van der Waals surface area contributed by atoms with E-state index in [-0.39, 0.29) is 38.0 Å². The van der Waals surface area contributed by atoms with Crippen LogP contribution < -0.4 is 0 Å². The van der Waals surface area contributed by atoms with Crippen LogP contribution in [0.3, 0.4) is 0 Å². The smallest absolute Gasteiger partial charge is 0.326 e. The maximum Gasteiger partial charge on any atom is 0.326 e. The molecule has 3 aliphatic rings. The Labute approximate surface area is 187 Å². The summed E-state index contributed by atoms with van der Waals surface area (Å²) in [5.41, 5.74) is -2.27. The lowest BCUT2D eigenvalue weighted by atomic mass is 9.88. The van der Waals surface area contributed by atoms with Crippen molar-refractivity contribution in [3.05, 3.63) is 0 Å². The molecule has 2 amide bonds. The van der Waals surface area contributed by atoms with Gasteiger partial charge in [0.2, 0.25) is 0 Å². The van der Waals surface area contributed by atoms with E-state index < -0.39 is 36.0 Å². The quantitative estimate of drug-likeness (QED) is 0.551. The van der Waals surface area contributed by atoms with Gasteiger partial charge in [-0.3, -0.25) is 19.2 Å². The van der Waals surface area contributed by atoms with Crippen LogP contribution in [0.4, 0.5) is 0 Å². The lowest BCUT2D eigenvalue weighted by Crippen LogP contribution is -2.52. The van der Waals surface area contributed by atoms with Crippen LogP contribution in [0.5, 0.6) is 0 Å². The fourth-order valence-corrected chi connectivity index (χ4v) is 4.60. The SMILES string of the molecule is N#CC1(C(=O)OCC(=O)N2CCN(C(=O)COC(=O)C3(C#N)CCCC3)CC2)CCCC1. The number of rotatable bonds is 6. The normalized spacial score (nSPS) is 21.3. The van der Waals surface area contributed by atoms with Crippen molar-refractivity contribution in [3.63, 3.8) is 0 Å². The third-order valence-corrected chi connectivity index (χ3v) is 6.76. The average Bonchev–Trinajstić information content (AvgIpc) is 3.51. The molecule has 32 heavy (non-hydrogen) atoms. The Morgan fingerprint density at radius 2 is 0.969 bits per heavy atom. The summed E-state index contributed by atoms with van der Waals surface area (Å²) in [6.07, 6.45) is 4.99. The molecule has 0 aromatic heterocycles.